The molecule has 3 nitrogen and oxygen atoms in total. The van der Waals surface area contributed by atoms with Gasteiger partial charge >= 0.3 is 0 Å². The first-order chi connectivity index (χ1) is 7.38. The Labute approximate surface area is 93.2 Å². The van der Waals surface area contributed by atoms with Crippen molar-refractivity contribution in [2.75, 3.05) is 32.9 Å². The summed E-state index contributed by atoms with van der Waals surface area (Å²) in [5.41, 5.74) is 0. The van der Waals surface area contributed by atoms with Gasteiger partial charge in [-0.15, -0.1) is 0 Å². The lowest BCUT2D eigenvalue weighted by molar-refractivity contribution is 0.134. The van der Waals surface area contributed by atoms with E-state index in [9.17, 15) is 5.11 Å². The van der Waals surface area contributed by atoms with Crippen molar-refractivity contribution in [3.05, 3.63) is 0 Å². The summed E-state index contributed by atoms with van der Waals surface area (Å²) < 4.78 is 5.35. The summed E-state index contributed by atoms with van der Waals surface area (Å²) in [6.07, 6.45) is 4.69. The van der Waals surface area contributed by atoms with E-state index in [0.717, 1.165) is 39.1 Å². The molecule has 3 heteroatoms. The molecule has 15 heavy (non-hydrogen) atoms. The highest BCUT2D eigenvalue weighted by Gasteiger charge is 2.24. The molecule has 0 radical (unpaired) electrons. The second-order valence-corrected chi connectivity index (χ2v) is 4.46. The Bertz CT molecular complexity index is 147. The van der Waals surface area contributed by atoms with Crippen molar-refractivity contribution in [1.82, 2.24) is 5.32 Å². The number of rotatable bonds is 8. The van der Waals surface area contributed by atoms with Crippen molar-refractivity contribution >= 4 is 0 Å². The number of unbranched alkanes of at least 4 members (excludes halogenated alkanes) is 1. The summed E-state index contributed by atoms with van der Waals surface area (Å²) in [6, 6.07) is 0. The predicted octanol–water partition coefficient (Wildman–Crippen LogP) is 1.41. The molecule has 1 saturated heterocycles. The second-order valence-electron chi connectivity index (χ2n) is 4.46. The number of ether oxygens (including phenoxy) is 1. The van der Waals surface area contributed by atoms with E-state index in [4.69, 9.17) is 4.74 Å². The van der Waals surface area contributed by atoms with Crippen LogP contribution in [0.1, 0.15) is 32.6 Å². The van der Waals surface area contributed by atoms with Gasteiger partial charge in [-0.3, -0.25) is 0 Å². The quantitative estimate of drug-likeness (QED) is 0.602. The first-order valence-corrected chi connectivity index (χ1v) is 6.27. The van der Waals surface area contributed by atoms with E-state index in [0.29, 0.717) is 18.4 Å². The van der Waals surface area contributed by atoms with Gasteiger partial charge in [0.05, 0.1) is 0 Å². The van der Waals surface area contributed by atoms with Crippen molar-refractivity contribution in [2.24, 2.45) is 11.8 Å². The molecule has 0 saturated carbocycles. The number of nitrogens with one attached hydrogen (secondary N) is 1. The highest BCUT2D eigenvalue weighted by Crippen LogP contribution is 2.23. The smallest absolute Gasteiger partial charge is 0.0498 e. The van der Waals surface area contributed by atoms with E-state index in [1.807, 2.05) is 0 Å². The van der Waals surface area contributed by atoms with E-state index < -0.39 is 0 Å². The third-order valence-corrected chi connectivity index (χ3v) is 3.27. The van der Waals surface area contributed by atoms with Crippen LogP contribution in [0.25, 0.3) is 0 Å². The number of hydrogen-bond donors (Lipinski definition) is 2. The molecule has 2 N–H and O–H groups in total. The van der Waals surface area contributed by atoms with Gasteiger partial charge in [0.2, 0.25) is 0 Å². The lowest BCUT2D eigenvalue weighted by Gasteiger charge is -2.19. The Morgan fingerprint density at radius 1 is 1.47 bits per heavy atom. The Balaban J connectivity index is 2.05. The van der Waals surface area contributed by atoms with E-state index in [2.05, 4.69) is 12.2 Å². The van der Waals surface area contributed by atoms with Gasteiger partial charge in [0.25, 0.3) is 0 Å². The molecule has 0 aliphatic carbocycles. The Hall–Kier alpha value is -0.120. The van der Waals surface area contributed by atoms with E-state index in [-0.39, 0.29) is 0 Å². The molecule has 0 aromatic carbocycles. The summed E-state index contributed by atoms with van der Waals surface area (Å²) in [5, 5.41) is 12.7. The van der Waals surface area contributed by atoms with Crippen LogP contribution in [-0.4, -0.2) is 38.0 Å². The molecule has 2 atom stereocenters. The third kappa shape index (κ3) is 4.96. The van der Waals surface area contributed by atoms with Crippen LogP contribution in [0, 0.1) is 11.8 Å². The van der Waals surface area contributed by atoms with Crippen LogP contribution in [0.5, 0.6) is 0 Å². The first kappa shape index (κ1) is 12.9. The molecular formula is C12H25NO2. The molecule has 90 valence electrons. The molecule has 1 fully saturated rings. The van der Waals surface area contributed by atoms with E-state index >= 15 is 0 Å². The van der Waals surface area contributed by atoms with Gasteiger partial charge in [-0.25, -0.2) is 0 Å². The molecule has 0 bridgehead atoms. The largest absolute Gasteiger partial charge is 0.396 e. The normalized spacial score (nSPS) is 23.2. The van der Waals surface area contributed by atoms with Gasteiger partial charge in [-0.05, 0) is 44.2 Å². The molecule has 0 aromatic rings. The molecule has 1 aliphatic rings. The van der Waals surface area contributed by atoms with Crippen LogP contribution in [0.2, 0.25) is 0 Å². The SMILES string of the molecule is CCCCNCCC(CO)C1CCOC1. The van der Waals surface area contributed by atoms with Crippen molar-refractivity contribution in [1.29, 1.82) is 0 Å². The highest BCUT2D eigenvalue weighted by molar-refractivity contribution is 4.73. The summed E-state index contributed by atoms with van der Waals surface area (Å²) in [4.78, 5) is 0. The third-order valence-electron chi connectivity index (χ3n) is 3.27. The van der Waals surface area contributed by atoms with Gasteiger partial charge in [0.1, 0.15) is 0 Å². The average Bonchev–Trinajstić information content (AvgIpc) is 2.77. The Morgan fingerprint density at radius 2 is 2.33 bits per heavy atom. The number of aliphatic hydroxyl groups excluding tert-OH is 1. The maximum Gasteiger partial charge on any atom is 0.0498 e. The minimum atomic E-state index is 0.309. The maximum absolute atomic E-state index is 9.31. The zero-order valence-corrected chi connectivity index (χ0v) is 9.87. The fraction of sp³-hybridized carbons (Fsp3) is 1.00. The van der Waals surface area contributed by atoms with Crippen molar-refractivity contribution in [3.8, 4) is 0 Å². The minimum absolute atomic E-state index is 0.309. The standard InChI is InChI=1S/C12H25NO2/c1-2-3-6-13-7-4-11(9-14)12-5-8-15-10-12/h11-14H,2-10H2,1H3. The zero-order chi connectivity index (χ0) is 10.9. The first-order valence-electron chi connectivity index (χ1n) is 6.27. The molecule has 1 heterocycles. The maximum atomic E-state index is 9.31. The number of hydrogen-bond acceptors (Lipinski definition) is 3. The second kappa shape index (κ2) is 8.08. The van der Waals surface area contributed by atoms with Gasteiger partial charge in [-0.1, -0.05) is 13.3 Å². The average molecular weight is 215 g/mol. The molecule has 2 unspecified atom stereocenters. The van der Waals surface area contributed by atoms with Crippen LogP contribution in [0.4, 0.5) is 0 Å². The lowest BCUT2D eigenvalue weighted by Crippen LogP contribution is -2.25. The van der Waals surface area contributed by atoms with Gasteiger partial charge < -0.3 is 15.2 Å². The summed E-state index contributed by atoms with van der Waals surface area (Å²) in [6.45, 7) is 6.37. The van der Waals surface area contributed by atoms with Crippen LogP contribution in [0.15, 0.2) is 0 Å². The highest BCUT2D eigenvalue weighted by atomic mass is 16.5. The molecule has 0 amide bonds. The van der Waals surface area contributed by atoms with Crippen molar-refractivity contribution in [2.45, 2.75) is 32.6 Å². The van der Waals surface area contributed by atoms with Crippen LogP contribution in [-0.2, 0) is 4.74 Å². The molecule has 1 rings (SSSR count). The van der Waals surface area contributed by atoms with E-state index in [1.54, 1.807) is 0 Å². The molecular weight excluding hydrogens is 190 g/mol. The van der Waals surface area contributed by atoms with Gasteiger partial charge in [-0.2, -0.15) is 0 Å². The molecule has 1 aliphatic heterocycles. The molecule has 0 spiro atoms. The fourth-order valence-corrected chi connectivity index (χ4v) is 2.11. The minimum Gasteiger partial charge on any atom is -0.396 e. The summed E-state index contributed by atoms with van der Waals surface area (Å²) in [5.74, 6) is 1.02. The van der Waals surface area contributed by atoms with Crippen LogP contribution < -0.4 is 5.32 Å². The van der Waals surface area contributed by atoms with E-state index in [1.165, 1.54) is 12.8 Å². The van der Waals surface area contributed by atoms with Gasteiger partial charge in [0.15, 0.2) is 0 Å². The zero-order valence-electron chi connectivity index (χ0n) is 9.87. The Morgan fingerprint density at radius 3 is 2.93 bits per heavy atom. The van der Waals surface area contributed by atoms with Gasteiger partial charge in [0, 0.05) is 19.8 Å². The van der Waals surface area contributed by atoms with Crippen molar-refractivity contribution in [3.63, 3.8) is 0 Å². The van der Waals surface area contributed by atoms with Crippen molar-refractivity contribution < 1.29 is 9.84 Å². The fourth-order valence-electron chi connectivity index (χ4n) is 2.11. The monoisotopic (exact) mass is 215 g/mol. The van der Waals surface area contributed by atoms with Crippen LogP contribution in [0.3, 0.4) is 0 Å². The topological polar surface area (TPSA) is 41.5 Å². The Kier molecular flexibility index (Phi) is 6.98. The van der Waals surface area contributed by atoms with Crippen LogP contribution >= 0.6 is 0 Å². The summed E-state index contributed by atoms with van der Waals surface area (Å²) >= 11 is 0. The number of aliphatic hydroxyl groups is 1. The lowest BCUT2D eigenvalue weighted by atomic mass is 9.89. The predicted molar refractivity (Wildman–Crippen MR) is 61.9 cm³/mol. The molecule has 0 aromatic heterocycles. The summed E-state index contributed by atoms with van der Waals surface area (Å²) in [7, 11) is 0.